The topological polar surface area (TPSA) is 107 Å². The van der Waals surface area contributed by atoms with Crippen LogP contribution in [-0.4, -0.2) is 23.0 Å². The Hall–Kier alpha value is -2.37. The molecule has 0 heterocycles. The number of aliphatic carboxylic acids is 1. The van der Waals surface area contributed by atoms with E-state index in [1.807, 2.05) is 0 Å². The van der Waals surface area contributed by atoms with Crippen LogP contribution in [0, 0.1) is 0 Å². The quantitative estimate of drug-likeness (QED) is 0.429. The highest BCUT2D eigenvalue weighted by Gasteiger charge is 2.10. The molecule has 0 aliphatic rings. The third-order valence-electron chi connectivity index (χ3n) is 1.67. The van der Waals surface area contributed by atoms with E-state index < -0.39 is 24.3 Å². The molecule has 1 amide bonds. The summed E-state index contributed by atoms with van der Waals surface area (Å²) in [5, 5.41) is 8.32. The molecule has 0 radical (unpaired) electrons. The molecule has 0 saturated heterocycles. The van der Waals surface area contributed by atoms with Crippen molar-refractivity contribution in [2.24, 2.45) is 5.73 Å². The van der Waals surface area contributed by atoms with Gasteiger partial charge in [0.2, 0.25) is 5.91 Å². The standard InChI is InChI=1S/C10H9NO5/c11-10(15)6-1-3-7(4-2-6)16-9(14)5-8(12)13/h1-4H,5H2,(H2,11,15)(H,12,13). The molecule has 0 spiro atoms. The number of amides is 1. The highest BCUT2D eigenvalue weighted by molar-refractivity contribution is 5.93. The van der Waals surface area contributed by atoms with Gasteiger partial charge in [-0.25, -0.2) is 0 Å². The minimum atomic E-state index is -1.27. The lowest BCUT2D eigenvalue weighted by Gasteiger charge is -2.02. The Morgan fingerprint density at radius 1 is 1.19 bits per heavy atom. The molecule has 1 rings (SSSR count). The average molecular weight is 223 g/mol. The number of ether oxygens (including phenoxy) is 1. The van der Waals surface area contributed by atoms with Crippen LogP contribution in [0.25, 0.3) is 0 Å². The summed E-state index contributed by atoms with van der Waals surface area (Å²) in [5.74, 6) is -2.57. The first-order valence-corrected chi connectivity index (χ1v) is 4.31. The Kier molecular flexibility index (Phi) is 3.60. The van der Waals surface area contributed by atoms with Crippen LogP contribution in [0.5, 0.6) is 5.75 Å². The van der Waals surface area contributed by atoms with Crippen molar-refractivity contribution in [2.75, 3.05) is 0 Å². The van der Waals surface area contributed by atoms with Gasteiger partial charge in [-0.15, -0.1) is 0 Å². The summed E-state index contributed by atoms with van der Waals surface area (Å²) in [5.41, 5.74) is 5.28. The van der Waals surface area contributed by atoms with Gasteiger partial charge >= 0.3 is 11.9 Å². The van der Waals surface area contributed by atoms with Gasteiger partial charge in [-0.1, -0.05) is 0 Å². The van der Waals surface area contributed by atoms with Crippen LogP contribution in [0.1, 0.15) is 16.8 Å². The van der Waals surface area contributed by atoms with Crippen molar-refractivity contribution in [1.82, 2.24) is 0 Å². The smallest absolute Gasteiger partial charge is 0.322 e. The normalized spacial score (nSPS) is 9.50. The molecule has 16 heavy (non-hydrogen) atoms. The number of benzene rings is 1. The van der Waals surface area contributed by atoms with Crippen molar-refractivity contribution < 1.29 is 24.2 Å². The molecule has 1 aromatic carbocycles. The number of rotatable bonds is 4. The third-order valence-corrected chi connectivity index (χ3v) is 1.67. The van der Waals surface area contributed by atoms with Gasteiger partial charge in [-0.05, 0) is 24.3 Å². The van der Waals surface area contributed by atoms with E-state index in [1.54, 1.807) is 0 Å². The number of carbonyl (C=O) groups excluding carboxylic acids is 2. The van der Waals surface area contributed by atoms with Gasteiger partial charge in [-0.3, -0.25) is 14.4 Å². The Balaban J connectivity index is 2.65. The van der Waals surface area contributed by atoms with Crippen LogP contribution in [0.3, 0.4) is 0 Å². The molecule has 3 N–H and O–H groups in total. The summed E-state index contributed by atoms with van der Waals surface area (Å²) in [6, 6.07) is 5.48. The van der Waals surface area contributed by atoms with E-state index in [-0.39, 0.29) is 11.3 Å². The summed E-state index contributed by atoms with van der Waals surface area (Å²) < 4.78 is 4.69. The lowest BCUT2D eigenvalue weighted by Crippen LogP contribution is -2.14. The number of carboxylic acids is 1. The maximum atomic E-state index is 10.9. The SMILES string of the molecule is NC(=O)c1ccc(OC(=O)CC(=O)O)cc1. The highest BCUT2D eigenvalue weighted by atomic mass is 16.5. The Bertz CT molecular complexity index is 423. The number of carboxylic acid groups (broad SMARTS) is 1. The zero-order valence-corrected chi connectivity index (χ0v) is 8.17. The molecule has 0 unspecified atom stereocenters. The van der Waals surface area contributed by atoms with E-state index in [1.165, 1.54) is 24.3 Å². The third kappa shape index (κ3) is 3.41. The van der Waals surface area contributed by atoms with Crippen LogP contribution in [0.4, 0.5) is 0 Å². The van der Waals surface area contributed by atoms with Crippen LogP contribution >= 0.6 is 0 Å². The maximum Gasteiger partial charge on any atom is 0.322 e. The van der Waals surface area contributed by atoms with Gasteiger partial charge in [0.1, 0.15) is 12.2 Å². The van der Waals surface area contributed by atoms with Gasteiger partial charge in [-0.2, -0.15) is 0 Å². The summed E-state index contributed by atoms with van der Waals surface area (Å²) in [6.45, 7) is 0. The van der Waals surface area contributed by atoms with E-state index in [2.05, 4.69) is 4.74 Å². The number of esters is 1. The van der Waals surface area contributed by atoms with E-state index >= 15 is 0 Å². The number of primary amides is 1. The van der Waals surface area contributed by atoms with Crippen molar-refractivity contribution in [3.8, 4) is 5.75 Å². The number of hydrogen-bond acceptors (Lipinski definition) is 4. The average Bonchev–Trinajstić information content (AvgIpc) is 2.16. The summed E-state index contributed by atoms with van der Waals surface area (Å²) in [6.07, 6.45) is -0.711. The molecule has 1 aromatic rings. The summed E-state index contributed by atoms with van der Waals surface area (Å²) in [4.78, 5) is 31.8. The molecule has 0 fully saturated rings. The van der Waals surface area contributed by atoms with E-state index in [0.29, 0.717) is 0 Å². The second-order valence-electron chi connectivity index (χ2n) is 2.93. The van der Waals surface area contributed by atoms with Crippen LogP contribution < -0.4 is 10.5 Å². The summed E-state index contributed by atoms with van der Waals surface area (Å²) in [7, 11) is 0. The molecule has 84 valence electrons. The van der Waals surface area contributed by atoms with E-state index in [9.17, 15) is 14.4 Å². The molecular weight excluding hydrogens is 214 g/mol. The number of nitrogens with two attached hydrogens (primary N) is 1. The van der Waals surface area contributed by atoms with Gasteiger partial charge in [0, 0.05) is 5.56 Å². The van der Waals surface area contributed by atoms with Gasteiger partial charge < -0.3 is 15.6 Å². The second-order valence-corrected chi connectivity index (χ2v) is 2.93. The predicted octanol–water partition coefficient (Wildman–Crippen LogP) is 0.166. The van der Waals surface area contributed by atoms with Gasteiger partial charge in [0.05, 0.1) is 0 Å². The fourth-order valence-corrected chi connectivity index (χ4v) is 0.978. The zero-order chi connectivity index (χ0) is 12.1. The number of hydrogen-bond donors (Lipinski definition) is 2. The first-order valence-electron chi connectivity index (χ1n) is 4.31. The maximum absolute atomic E-state index is 10.9. The predicted molar refractivity (Wildman–Crippen MR) is 52.8 cm³/mol. The van der Waals surface area contributed by atoms with E-state index in [4.69, 9.17) is 10.8 Å². The fourth-order valence-electron chi connectivity index (χ4n) is 0.978. The van der Waals surface area contributed by atoms with E-state index in [0.717, 1.165) is 0 Å². The largest absolute Gasteiger partial charge is 0.481 e. The second kappa shape index (κ2) is 4.92. The Morgan fingerprint density at radius 3 is 2.19 bits per heavy atom. The molecule has 6 heteroatoms. The van der Waals surface area contributed by atoms with Crippen molar-refractivity contribution in [3.63, 3.8) is 0 Å². The summed E-state index contributed by atoms with van der Waals surface area (Å²) >= 11 is 0. The first kappa shape index (κ1) is 11.7. The molecule has 0 aliphatic heterocycles. The van der Waals surface area contributed by atoms with Crippen LogP contribution in [0.2, 0.25) is 0 Å². The van der Waals surface area contributed by atoms with Crippen molar-refractivity contribution in [3.05, 3.63) is 29.8 Å². The molecule has 0 aromatic heterocycles. The van der Waals surface area contributed by atoms with Crippen molar-refractivity contribution in [1.29, 1.82) is 0 Å². The monoisotopic (exact) mass is 223 g/mol. The zero-order valence-electron chi connectivity index (χ0n) is 8.17. The Morgan fingerprint density at radius 2 is 1.75 bits per heavy atom. The Labute approximate surface area is 90.6 Å². The minimum Gasteiger partial charge on any atom is -0.481 e. The molecular formula is C10H9NO5. The lowest BCUT2D eigenvalue weighted by atomic mass is 10.2. The van der Waals surface area contributed by atoms with Gasteiger partial charge in [0.25, 0.3) is 0 Å². The molecule has 0 aliphatic carbocycles. The fraction of sp³-hybridized carbons (Fsp3) is 0.100. The lowest BCUT2D eigenvalue weighted by molar-refractivity contribution is -0.145. The molecule has 6 nitrogen and oxygen atoms in total. The molecule has 0 atom stereocenters. The van der Waals surface area contributed by atoms with Crippen molar-refractivity contribution in [2.45, 2.75) is 6.42 Å². The highest BCUT2D eigenvalue weighted by Crippen LogP contribution is 2.12. The first-order chi connectivity index (χ1) is 7.49. The van der Waals surface area contributed by atoms with Gasteiger partial charge in [0.15, 0.2) is 0 Å². The van der Waals surface area contributed by atoms with Crippen LogP contribution in [-0.2, 0) is 9.59 Å². The molecule has 0 bridgehead atoms. The number of carbonyl (C=O) groups is 3. The molecule has 0 saturated carbocycles. The minimum absolute atomic E-state index is 0.163. The van der Waals surface area contributed by atoms with Crippen molar-refractivity contribution >= 4 is 17.8 Å². The van der Waals surface area contributed by atoms with Crippen LogP contribution in [0.15, 0.2) is 24.3 Å².